The van der Waals surface area contributed by atoms with Crippen molar-refractivity contribution < 1.29 is 38.6 Å². The number of hydrogen-bond acceptors (Lipinski definition) is 8. The Balaban J connectivity index is 2.96. The molecule has 0 unspecified atom stereocenters. The SMILES string of the molecule is CC(C)COC(=O)CC[C@H](NC(=O)[C@H](C)NC(=O)[C@@H](CC(C)C)NC(=O)OC(C)(C)C)C(=O)Nc1ccc(CO)cc1. The number of anilines is 1. The van der Waals surface area contributed by atoms with Crippen LogP contribution in [0.5, 0.6) is 0 Å². The molecule has 12 nitrogen and oxygen atoms in total. The van der Waals surface area contributed by atoms with Gasteiger partial charge in [-0.2, -0.15) is 0 Å². The predicted octanol–water partition coefficient (Wildman–Crippen LogP) is 3.03. The number of ether oxygens (including phenoxy) is 2. The van der Waals surface area contributed by atoms with Gasteiger partial charge in [0.2, 0.25) is 17.7 Å². The molecule has 3 atom stereocenters. The van der Waals surface area contributed by atoms with E-state index in [0.717, 1.165) is 0 Å². The number of amides is 4. The molecular weight excluding hydrogens is 544 g/mol. The molecule has 0 fully saturated rings. The van der Waals surface area contributed by atoms with Gasteiger partial charge in [-0.25, -0.2) is 4.79 Å². The zero-order chi connectivity index (χ0) is 32.0. The summed E-state index contributed by atoms with van der Waals surface area (Å²) in [6, 6.07) is 3.36. The molecule has 0 aliphatic carbocycles. The molecule has 0 aliphatic rings. The van der Waals surface area contributed by atoms with Crippen LogP contribution in [0.4, 0.5) is 10.5 Å². The largest absolute Gasteiger partial charge is 0.465 e. The topological polar surface area (TPSA) is 172 Å². The number of aliphatic hydroxyl groups excluding tert-OH is 1. The van der Waals surface area contributed by atoms with Crippen LogP contribution in [0.2, 0.25) is 0 Å². The van der Waals surface area contributed by atoms with Gasteiger partial charge >= 0.3 is 12.1 Å². The van der Waals surface area contributed by atoms with E-state index in [1.807, 2.05) is 27.7 Å². The van der Waals surface area contributed by atoms with Crippen LogP contribution in [-0.2, 0) is 35.3 Å². The zero-order valence-electron chi connectivity index (χ0n) is 26.0. The molecule has 1 aromatic rings. The van der Waals surface area contributed by atoms with E-state index in [4.69, 9.17) is 9.47 Å². The molecule has 12 heteroatoms. The van der Waals surface area contributed by atoms with E-state index in [-0.39, 0.29) is 37.9 Å². The van der Waals surface area contributed by atoms with Crippen LogP contribution in [0.3, 0.4) is 0 Å². The minimum Gasteiger partial charge on any atom is -0.465 e. The maximum absolute atomic E-state index is 13.1. The number of nitrogens with one attached hydrogen (secondary N) is 4. The highest BCUT2D eigenvalue weighted by Crippen LogP contribution is 2.13. The molecule has 4 amide bonds. The molecule has 0 radical (unpaired) electrons. The number of hydrogen-bond donors (Lipinski definition) is 5. The van der Waals surface area contributed by atoms with Crippen molar-refractivity contribution in [2.75, 3.05) is 11.9 Å². The molecule has 0 heterocycles. The van der Waals surface area contributed by atoms with Crippen molar-refractivity contribution in [3.05, 3.63) is 29.8 Å². The second-order valence-corrected chi connectivity index (χ2v) is 12.1. The standard InChI is InChI=1S/C30H48N4O8/c1-18(2)15-24(34-29(40)42-30(6,7)8)28(39)31-20(5)26(37)33-23(13-14-25(36)41-17-19(3)4)27(38)32-22-11-9-21(16-35)10-12-22/h9-12,18-20,23-24,35H,13-17H2,1-8H3,(H,31,39)(H,32,38)(H,33,37)(H,34,40)/t20-,23-,24+/m0/s1. The minimum absolute atomic E-state index is 0.0416. The third-order valence-corrected chi connectivity index (χ3v) is 5.72. The lowest BCUT2D eigenvalue weighted by atomic mass is 10.0. The van der Waals surface area contributed by atoms with Gasteiger partial charge in [-0.3, -0.25) is 19.2 Å². The van der Waals surface area contributed by atoms with Crippen molar-refractivity contribution in [2.45, 2.75) is 105 Å². The summed E-state index contributed by atoms with van der Waals surface area (Å²) in [5.74, 6) is -2.12. The van der Waals surface area contributed by atoms with Crippen molar-refractivity contribution in [3.63, 3.8) is 0 Å². The van der Waals surface area contributed by atoms with Crippen LogP contribution in [0.1, 0.15) is 80.2 Å². The van der Waals surface area contributed by atoms with E-state index in [0.29, 0.717) is 17.7 Å². The van der Waals surface area contributed by atoms with Crippen LogP contribution in [0, 0.1) is 11.8 Å². The summed E-state index contributed by atoms with van der Waals surface area (Å²) in [4.78, 5) is 63.7. The second-order valence-electron chi connectivity index (χ2n) is 12.1. The summed E-state index contributed by atoms with van der Waals surface area (Å²) < 4.78 is 10.5. The van der Waals surface area contributed by atoms with Crippen LogP contribution in [-0.4, -0.2) is 65.2 Å². The van der Waals surface area contributed by atoms with Crippen molar-refractivity contribution in [3.8, 4) is 0 Å². The molecule has 42 heavy (non-hydrogen) atoms. The highest BCUT2D eigenvalue weighted by molar-refractivity contribution is 5.99. The number of benzene rings is 1. The molecule has 0 spiro atoms. The van der Waals surface area contributed by atoms with Gasteiger partial charge in [0.1, 0.15) is 23.7 Å². The highest BCUT2D eigenvalue weighted by atomic mass is 16.6. The second kappa shape index (κ2) is 17.3. The van der Waals surface area contributed by atoms with Crippen molar-refractivity contribution >= 4 is 35.5 Å². The number of carbonyl (C=O) groups is 5. The highest BCUT2D eigenvalue weighted by Gasteiger charge is 2.29. The smallest absolute Gasteiger partial charge is 0.408 e. The van der Waals surface area contributed by atoms with E-state index in [1.165, 1.54) is 6.92 Å². The first-order valence-electron chi connectivity index (χ1n) is 14.3. The quantitative estimate of drug-likeness (QED) is 0.193. The Morgan fingerprint density at radius 3 is 1.95 bits per heavy atom. The molecule has 0 saturated carbocycles. The van der Waals surface area contributed by atoms with Crippen LogP contribution < -0.4 is 21.3 Å². The van der Waals surface area contributed by atoms with Crippen molar-refractivity contribution in [2.24, 2.45) is 11.8 Å². The first kappa shape index (κ1) is 36.4. The third-order valence-electron chi connectivity index (χ3n) is 5.72. The molecule has 0 aromatic heterocycles. The predicted molar refractivity (Wildman–Crippen MR) is 158 cm³/mol. The number of alkyl carbamates (subject to hydrolysis) is 1. The molecule has 0 saturated heterocycles. The molecule has 0 bridgehead atoms. The van der Waals surface area contributed by atoms with Gasteiger partial charge in [0.15, 0.2) is 0 Å². The Hall–Kier alpha value is -3.67. The van der Waals surface area contributed by atoms with Gasteiger partial charge in [0, 0.05) is 12.1 Å². The number of rotatable bonds is 15. The fraction of sp³-hybridized carbons (Fsp3) is 0.633. The maximum atomic E-state index is 13.1. The van der Waals surface area contributed by atoms with Crippen LogP contribution in [0.25, 0.3) is 0 Å². The fourth-order valence-electron chi connectivity index (χ4n) is 3.61. The van der Waals surface area contributed by atoms with Crippen molar-refractivity contribution in [1.82, 2.24) is 16.0 Å². The lowest BCUT2D eigenvalue weighted by Crippen LogP contribution is -2.55. The first-order chi connectivity index (χ1) is 19.5. The van der Waals surface area contributed by atoms with Crippen LogP contribution >= 0.6 is 0 Å². The first-order valence-corrected chi connectivity index (χ1v) is 14.3. The monoisotopic (exact) mass is 592 g/mol. The number of aliphatic hydroxyl groups is 1. The van der Waals surface area contributed by atoms with E-state index in [1.54, 1.807) is 45.0 Å². The Bertz CT molecular complexity index is 1050. The molecule has 236 valence electrons. The fourth-order valence-corrected chi connectivity index (χ4v) is 3.61. The normalized spacial score (nSPS) is 13.5. The maximum Gasteiger partial charge on any atom is 0.408 e. The Kier molecular flexibility index (Phi) is 15.0. The number of carbonyl (C=O) groups excluding carboxylic acids is 5. The average molecular weight is 593 g/mol. The van der Waals surface area contributed by atoms with E-state index in [2.05, 4.69) is 21.3 Å². The summed E-state index contributed by atoms with van der Waals surface area (Å²) in [6.45, 7) is 14.2. The lowest BCUT2D eigenvalue weighted by Gasteiger charge is -2.26. The summed E-state index contributed by atoms with van der Waals surface area (Å²) in [7, 11) is 0. The summed E-state index contributed by atoms with van der Waals surface area (Å²) in [5, 5.41) is 19.7. The van der Waals surface area contributed by atoms with E-state index in [9.17, 15) is 29.1 Å². The third kappa shape index (κ3) is 14.8. The van der Waals surface area contributed by atoms with Gasteiger partial charge in [-0.1, -0.05) is 39.8 Å². The van der Waals surface area contributed by atoms with E-state index >= 15 is 0 Å². The molecule has 1 aromatic carbocycles. The molecule has 5 N–H and O–H groups in total. The Morgan fingerprint density at radius 1 is 0.810 bits per heavy atom. The van der Waals surface area contributed by atoms with Gasteiger partial charge < -0.3 is 35.8 Å². The molecule has 0 aliphatic heterocycles. The summed E-state index contributed by atoms with van der Waals surface area (Å²) >= 11 is 0. The van der Waals surface area contributed by atoms with Gasteiger partial charge in [0.05, 0.1) is 13.2 Å². The zero-order valence-corrected chi connectivity index (χ0v) is 26.0. The Labute approximate surface area is 248 Å². The summed E-state index contributed by atoms with van der Waals surface area (Å²) in [6.07, 6.45) is -0.614. The van der Waals surface area contributed by atoms with Gasteiger partial charge in [-0.15, -0.1) is 0 Å². The van der Waals surface area contributed by atoms with Gasteiger partial charge in [0.25, 0.3) is 0 Å². The van der Waals surface area contributed by atoms with Crippen LogP contribution in [0.15, 0.2) is 24.3 Å². The lowest BCUT2D eigenvalue weighted by molar-refractivity contribution is -0.145. The Morgan fingerprint density at radius 2 is 1.43 bits per heavy atom. The van der Waals surface area contributed by atoms with Gasteiger partial charge in [-0.05, 0) is 70.1 Å². The molecule has 1 rings (SSSR count). The minimum atomic E-state index is -1.12. The summed E-state index contributed by atoms with van der Waals surface area (Å²) in [5.41, 5.74) is 0.338. The number of esters is 1. The average Bonchev–Trinajstić information content (AvgIpc) is 2.88. The molecular formula is C30H48N4O8. The van der Waals surface area contributed by atoms with Crippen molar-refractivity contribution in [1.29, 1.82) is 0 Å². The van der Waals surface area contributed by atoms with E-state index < -0.39 is 53.5 Å².